The van der Waals surface area contributed by atoms with Crippen molar-refractivity contribution in [2.75, 3.05) is 34.8 Å². The van der Waals surface area contributed by atoms with E-state index >= 15 is 0 Å². The summed E-state index contributed by atoms with van der Waals surface area (Å²) in [5, 5.41) is 12.6. The van der Waals surface area contributed by atoms with Crippen LogP contribution in [0, 0.1) is 11.6 Å². The quantitative estimate of drug-likeness (QED) is 0.411. The molecule has 9 nitrogen and oxygen atoms in total. The standard InChI is InChI=1S/C27H25F2N7O2/c28-17-3-4-20(29)19(12-17)23-2-1-10-36(23)24-6-5-21-25(34-24)22(7-9-30-21)33-26(38)16-13-31-27(32-14-16)35-11-8-18(37)15-35/h3-7,9,12-14,18,23,37H,1-2,8,10-11,15H2,(H,30,33,38). The fourth-order valence-electron chi connectivity index (χ4n) is 5.13. The maximum absolute atomic E-state index is 14.6. The number of aliphatic hydroxyl groups excluding tert-OH is 1. The lowest BCUT2D eigenvalue weighted by atomic mass is 10.0. The molecule has 0 spiro atoms. The maximum atomic E-state index is 14.6. The van der Waals surface area contributed by atoms with Crippen molar-refractivity contribution < 1.29 is 18.7 Å². The molecule has 0 saturated carbocycles. The van der Waals surface area contributed by atoms with Crippen molar-refractivity contribution in [2.45, 2.75) is 31.4 Å². The number of hydrogen-bond acceptors (Lipinski definition) is 8. The third-order valence-corrected chi connectivity index (χ3v) is 7.03. The Morgan fingerprint density at radius 1 is 1.03 bits per heavy atom. The second-order valence-corrected chi connectivity index (χ2v) is 9.53. The first-order valence-corrected chi connectivity index (χ1v) is 12.5. The summed E-state index contributed by atoms with van der Waals surface area (Å²) in [6.45, 7) is 1.76. The molecular weight excluding hydrogens is 492 g/mol. The van der Waals surface area contributed by atoms with Crippen molar-refractivity contribution in [1.82, 2.24) is 19.9 Å². The van der Waals surface area contributed by atoms with Gasteiger partial charge in [-0.2, -0.15) is 0 Å². The van der Waals surface area contributed by atoms with Gasteiger partial charge in [-0.1, -0.05) is 0 Å². The Morgan fingerprint density at radius 3 is 2.66 bits per heavy atom. The summed E-state index contributed by atoms with van der Waals surface area (Å²) in [4.78, 5) is 34.5. The lowest BCUT2D eigenvalue weighted by Crippen LogP contribution is -2.24. The highest BCUT2D eigenvalue weighted by Crippen LogP contribution is 2.37. The molecule has 38 heavy (non-hydrogen) atoms. The molecule has 5 heterocycles. The minimum absolute atomic E-state index is 0.274. The van der Waals surface area contributed by atoms with Crippen molar-refractivity contribution in [3.8, 4) is 0 Å². The molecule has 2 fully saturated rings. The number of nitrogens with zero attached hydrogens (tertiary/aromatic N) is 6. The fraction of sp³-hybridized carbons (Fsp3) is 0.296. The van der Waals surface area contributed by atoms with Crippen LogP contribution in [0.5, 0.6) is 0 Å². The van der Waals surface area contributed by atoms with E-state index in [2.05, 4.69) is 20.3 Å². The Labute approximate surface area is 217 Å². The van der Waals surface area contributed by atoms with Gasteiger partial charge in [-0.3, -0.25) is 9.78 Å². The van der Waals surface area contributed by atoms with Gasteiger partial charge < -0.3 is 20.2 Å². The van der Waals surface area contributed by atoms with Gasteiger partial charge in [0.15, 0.2) is 0 Å². The van der Waals surface area contributed by atoms with Gasteiger partial charge in [-0.05, 0) is 55.7 Å². The molecular formula is C27H25F2N7O2. The van der Waals surface area contributed by atoms with Crippen molar-refractivity contribution in [3.63, 3.8) is 0 Å². The number of carbonyl (C=O) groups excluding carboxylic acids is 1. The van der Waals surface area contributed by atoms with Crippen molar-refractivity contribution in [1.29, 1.82) is 0 Å². The number of aromatic nitrogens is 4. The van der Waals surface area contributed by atoms with Gasteiger partial charge in [0.05, 0.1) is 28.9 Å². The Morgan fingerprint density at radius 2 is 1.87 bits per heavy atom. The molecule has 0 aliphatic carbocycles. The normalized spacial score (nSPS) is 19.3. The van der Waals surface area contributed by atoms with Gasteiger partial charge in [0, 0.05) is 43.8 Å². The van der Waals surface area contributed by atoms with Crippen molar-refractivity contribution in [2.24, 2.45) is 0 Å². The molecule has 2 unspecified atom stereocenters. The van der Waals surface area contributed by atoms with E-state index in [4.69, 9.17) is 4.98 Å². The number of pyridine rings is 2. The van der Waals surface area contributed by atoms with Crippen LogP contribution in [0.15, 0.2) is 55.0 Å². The highest BCUT2D eigenvalue weighted by molar-refractivity contribution is 6.07. The molecule has 4 aromatic rings. The number of halogens is 2. The third kappa shape index (κ3) is 4.60. The van der Waals surface area contributed by atoms with E-state index in [9.17, 15) is 18.7 Å². The number of benzene rings is 1. The van der Waals surface area contributed by atoms with Crippen LogP contribution in [-0.2, 0) is 0 Å². The predicted molar refractivity (Wildman–Crippen MR) is 138 cm³/mol. The van der Waals surface area contributed by atoms with Gasteiger partial charge in [-0.15, -0.1) is 0 Å². The second-order valence-electron chi connectivity index (χ2n) is 9.53. The third-order valence-electron chi connectivity index (χ3n) is 7.03. The number of aliphatic hydroxyl groups is 1. The summed E-state index contributed by atoms with van der Waals surface area (Å²) >= 11 is 0. The zero-order valence-electron chi connectivity index (χ0n) is 20.4. The van der Waals surface area contributed by atoms with E-state index < -0.39 is 23.6 Å². The SMILES string of the molecule is O=C(Nc1ccnc2ccc(N3CCCC3c3cc(F)ccc3F)nc12)c1cnc(N2CCC(O)C2)nc1. The van der Waals surface area contributed by atoms with Crippen LogP contribution >= 0.6 is 0 Å². The summed E-state index contributed by atoms with van der Waals surface area (Å²) in [6, 6.07) is 8.42. The van der Waals surface area contributed by atoms with Crippen molar-refractivity contribution >= 4 is 34.4 Å². The predicted octanol–water partition coefficient (Wildman–Crippen LogP) is 3.86. The molecule has 2 atom stereocenters. The molecule has 2 aliphatic heterocycles. The van der Waals surface area contributed by atoms with Gasteiger partial charge in [0.2, 0.25) is 5.95 Å². The molecule has 11 heteroatoms. The Hall–Kier alpha value is -4.25. The lowest BCUT2D eigenvalue weighted by molar-refractivity contribution is 0.102. The fourth-order valence-corrected chi connectivity index (χ4v) is 5.13. The Balaban J connectivity index is 1.26. The van der Waals surface area contributed by atoms with E-state index in [-0.39, 0.29) is 11.6 Å². The first kappa shape index (κ1) is 24.1. The van der Waals surface area contributed by atoms with E-state index in [0.717, 1.165) is 18.6 Å². The molecule has 2 aliphatic rings. The molecule has 6 rings (SSSR count). The Kier molecular flexibility index (Phi) is 6.28. The van der Waals surface area contributed by atoms with E-state index in [1.165, 1.54) is 18.5 Å². The summed E-state index contributed by atoms with van der Waals surface area (Å²) in [6.07, 6.45) is 6.22. The topological polar surface area (TPSA) is 107 Å². The van der Waals surface area contributed by atoms with E-state index in [1.807, 2.05) is 9.80 Å². The Bertz CT molecular complexity index is 1500. The highest BCUT2D eigenvalue weighted by atomic mass is 19.1. The molecule has 2 N–H and O–H groups in total. The first-order valence-electron chi connectivity index (χ1n) is 12.5. The molecule has 1 amide bonds. The van der Waals surface area contributed by atoms with Crippen LogP contribution in [0.25, 0.3) is 11.0 Å². The van der Waals surface area contributed by atoms with Crippen LogP contribution < -0.4 is 15.1 Å². The molecule has 2 saturated heterocycles. The van der Waals surface area contributed by atoms with Crippen LogP contribution in [-0.4, -0.2) is 56.7 Å². The summed E-state index contributed by atoms with van der Waals surface area (Å²) < 4.78 is 28.5. The van der Waals surface area contributed by atoms with Gasteiger partial charge >= 0.3 is 0 Å². The van der Waals surface area contributed by atoms with Gasteiger partial charge in [0.1, 0.15) is 23.0 Å². The summed E-state index contributed by atoms with van der Waals surface area (Å²) in [7, 11) is 0. The van der Waals surface area contributed by atoms with Crippen LogP contribution in [0.2, 0.25) is 0 Å². The number of anilines is 3. The molecule has 0 bridgehead atoms. The highest BCUT2D eigenvalue weighted by Gasteiger charge is 2.30. The zero-order chi connectivity index (χ0) is 26.2. The summed E-state index contributed by atoms with van der Waals surface area (Å²) in [5.41, 5.74) is 2.10. The minimum atomic E-state index is -0.482. The van der Waals surface area contributed by atoms with E-state index in [1.54, 1.807) is 24.4 Å². The average Bonchev–Trinajstić information content (AvgIpc) is 3.59. The van der Waals surface area contributed by atoms with Crippen molar-refractivity contribution in [3.05, 3.63) is 77.8 Å². The first-order chi connectivity index (χ1) is 18.5. The monoisotopic (exact) mass is 517 g/mol. The molecule has 1 aromatic carbocycles. The number of β-amino-alcohol motifs (C(OH)–C–C–N with tert-alkyl or cyclic N) is 1. The smallest absolute Gasteiger partial charge is 0.258 e. The maximum Gasteiger partial charge on any atom is 0.258 e. The number of amides is 1. The number of carbonyl (C=O) groups is 1. The number of hydrogen-bond donors (Lipinski definition) is 2. The van der Waals surface area contributed by atoms with Crippen LogP contribution in [0.1, 0.15) is 41.2 Å². The number of fused-ring (bicyclic) bond motifs is 1. The molecule has 3 aromatic heterocycles. The zero-order valence-corrected chi connectivity index (χ0v) is 20.4. The second kappa shape index (κ2) is 9.90. The summed E-state index contributed by atoms with van der Waals surface area (Å²) in [5.74, 6) is -0.281. The van der Waals surface area contributed by atoms with E-state index in [0.29, 0.717) is 66.5 Å². The van der Waals surface area contributed by atoms with Gasteiger partial charge in [0.25, 0.3) is 5.91 Å². The largest absolute Gasteiger partial charge is 0.391 e. The van der Waals surface area contributed by atoms with Crippen LogP contribution in [0.4, 0.5) is 26.2 Å². The van der Waals surface area contributed by atoms with Crippen LogP contribution in [0.3, 0.4) is 0 Å². The average molecular weight is 518 g/mol. The number of nitrogens with one attached hydrogen (secondary N) is 1. The molecule has 0 radical (unpaired) electrons. The molecule has 194 valence electrons. The lowest BCUT2D eigenvalue weighted by Gasteiger charge is -2.26. The number of rotatable bonds is 5. The van der Waals surface area contributed by atoms with Gasteiger partial charge in [-0.25, -0.2) is 23.7 Å². The minimum Gasteiger partial charge on any atom is -0.391 e.